The van der Waals surface area contributed by atoms with Crippen LogP contribution in [0.5, 0.6) is 0 Å². The maximum Gasteiger partial charge on any atom is 0.118 e. The van der Waals surface area contributed by atoms with Crippen molar-refractivity contribution in [1.29, 1.82) is 0 Å². The molecule has 0 amide bonds. The van der Waals surface area contributed by atoms with Gasteiger partial charge in [-0.2, -0.15) is 0 Å². The van der Waals surface area contributed by atoms with Crippen molar-refractivity contribution in [3.8, 4) is 0 Å². The first-order valence-electron chi connectivity index (χ1n) is 5.87. The van der Waals surface area contributed by atoms with Crippen molar-refractivity contribution < 1.29 is 5.11 Å². The van der Waals surface area contributed by atoms with Crippen LogP contribution in [-0.2, 0) is 0 Å². The van der Waals surface area contributed by atoms with Gasteiger partial charge in [0.25, 0.3) is 0 Å². The van der Waals surface area contributed by atoms with Gasteiger partial charge in [-0.25, -0.2) is 9.97 Å². The minimum atomic E-state index is -0.182. The monoisotopic (exact) mass is 266 g/mol. The predicted octanol–water partition coefficient (Wildman–Crippen LogP) is 3.09. The average molecular weight is 266 g/mol. The first kappa shape index (κ1) is 11.4. The molecule has 0 radical (unpaired) electrons. The number of thioether (sulfide) groups is 1. The standard InChI is InChI=1S/C12H14N2OS2/c15-9-3-1-2-4-10(9)17-12-11-8(5-6-16-11)13-7-14-12/h5-7,9-10,15H,1-4H2. The normalized spacial score (nSPS) is 25.2. The highest BCUT2D eigenvalue weighted by Crippen LogP contribution is 2.37. The summed E-state index contributed by atoms with van der Waals surface area (Å²) in [5.74, 6) is 0. The topological polar surface area (TPSA) is 46.0 Å². The fourth-order valence-corrected chi connectivity index (χ4v) is 4.41. The lowest BCUT2D eigenvalue weighted by Crippen LogP contribution is -2.26. The van der Waals surface area contributed by atoms with Gasteiger partial charge in [0.2, 0.25) is 0 Å². The second kappa shape index (κ2) is 4.92. The maximum atomic E-state index is 9.99. The molecular weight excluding hydrogens is 252 g/mol. The van der Waals surface area contributed by atoms with E-state index in [-0.39, 0.29) is 6.10 Å². The minimum absolute atomic E-state index is 0.182. The zero-order valence-electron chi connectivity index (χ0n) is 9.37. The third kappa shape index (κ3) is 2.32. The Balaban J connectivity index is 1.86. The molecule has 90 valence electrons. The fourth-order valence-electron chi connectivity index (χ4n) is 2.21. The molecule has 2 unspecified atom stereocenters. The van der Waals surface area contributed by atoms with Crippen molar-refractivity contribution in [1.82, 2.24) is 9.97 Å². The SMILES string of the molecule is OC1CCCCC1Sc1ncnc2ccsc12. The zero-order chi connectivity index (χ0) is 11.7. The van der Waals surface area contributed by atoms with Gasteiger partial charge in [0.05, 0.1) is 16.3 Å². The molecule has 1 aliphatic carbocycles. The van der Waals surface area contributed by atoms with Crippen LogP contribution in [-0.4, -0.2) is 26.4 Å². The third-order valence-corrected chi connectivity index (χ3v) is 5.57. The Bertz CT molecular complexity index is 514. The number of hydrogen-bond acceptors (Lipinski definition) is 5. The lowest BCUT2D eigenvalue weighted by atomic mass is 9.97. The molecule has 0 aromatic carbocycles. The van der Waals surface area contributed by atoms with E-state index in [0.717, 1.165) is 34.5 Å². The van der Waals surface area contributed by atoms with Crippen molar-refractivity contribution in [2.75, 3.05) is 0 Å². The molecule has 0 spiro atoms. The van der Waals surface area contributed by atoms with Crippen LogP contribution in [0.25, 0.3) is 10.2 Å². The number of rotatable bonds is 2. The Hall–Kier alpha value is -0.650. The van der Waals surface area contributed by atoms with E-state index in [1.165, 1.54) is 6.42 Å². The summed E-state index contributed by atoms with van der Waals surface area (Å²) < 4.78 is 1.15. The number of nitrogens with zero attached hydrogens (tertiary/aromatic N) is 2. The van der Waals surface area contributed by atoms with Gasteiger partial charge in [-0.3, -0.25) is 0 Å². The van der Waals surface area contributed by atoms with Crippen LogP contribution in [0.2, 0.25) is 0 Å². The van der Waals surface area contributed by atoms with E-state index in [1.54, 1.807) is 29.4 Å². The first-order chi connectivity index (χ1) is 8.34. The molecule has 0 aliphatic heterocycles. The molecule has 0 saturated heterocycles. The van der Waals surface area contributed by atoms with E-state index in [9.17, 15) is 5.11 Å². The Morgan fingerprint density at radius 2 is 2.18 bits per heavy atom. The highest BCUT2D eigenvalue weighted by Gasteiger charge is 2.25. The van der Waals surface area contributed by atoms with Gasteiger partial charge in [-0.15, -0.1) is 11.3 Å². The highest BCUT2D eigenvalue weighted by molar-refractivity contribution is 8.00. The predicted molar refractivity (Wildman–Crippen MR) is 71.5 cm³/mol. The van der Waals surface area contributed by atoms with E-state index in [1.807, 2.05) is 11.4 Å². The fraction of sp³-hybridized carbons (Fsp3) is 0.500. The van der Waals surface area contributed by atoms with Gasteiger partial charge in [-0.05, 0) is 24.3 Å². The summed E-state index contributed by atoms with van der Waals surface area (Å²) >= 11 is 3.39. The highest BCUT2D eigenvalue weighted by atomic mass is 32.2. The molecule has 3 nitrogen and oxygen atoms in total. The van der Waals surface area contributed by atoms with E-state index < -0.39 is 0 Å². The summed E-state index contributed by atoms with van der Waals surface area (Å²) in [6.45, 7) is 0. The van der Waals surface area contributed by atoms with Crippen LogP contribution in [0.4, 0.5) is 0 Å². The van der Waals surface area contributed by atoms with Crippen molar-refractivity contribution >= 4 is 33.3 Å². The second-order valence-corrected chi connectivity index (χ2v) is 6.47. The first-order valence-corrected chi connectivity index (χ1v) is 7.63. The smallest absolute Gasteiger partial charge is 0.118 e. The second-order valence-electron chi connectivity index (χ2n) is 4.32. The molecular formula is C12H14N2OS2. The number of aromatic nitrogens is 2. The van der Waals surface area contributed by atoms with Gasteiger partial charge in [0.1, 0.15) is 11.4 Å². The summed E-state index contributed by atoms with van der Waals surface area (Å²) in [7, 11) is 0. The summed E-state index contributed by atoms with van der Waals surface area (Å²) in [4.78, 5) is 8.60. The van der Waals surface area contributed by atoms with E-state index in [2.05, 4.69) is 9.97 Å². The summed E-state index contributed by atoms with van der Waals surface area (Å²) in [5.41, 5.74) is 1.01. The average Bonchev–Trinajstić information content (AvgIpc) is 2.81. The Morgan fingerprint density at radius 1 is 1.29 bits per heavy atom. The number of aliphatic hydroxyl groups excluding tert-OH is 1. The number of hydrogen-bond donors (Lipinski definition) is 1. The summed E-state index contributed by atoms with van der Waals surface area (Å²) in [5, 5.41) is 13.4. The summed E-state index contributed by atoms with van der Waals surface area (Å²) in [6.07, 6.45) is 5.81. The van der Waals surface area contributed by atoms with Gasteiger partial charge in [-0.1, -0.05) is 24.6 Å². The van der Waals surface area contributed by atoms with Crippen LogP contribution in [0.15, 0.2) is 22.8 Å². The van der Waals surface area contributed by atoms with Crippen molar-refractivity contribution in [2.45, 2.75) is 42.1 Å². The molecule has 1 saturated carbocycles. The zero-order valence-corrected chi connectivity index (χ0v) is 11.0. The molecule has 2 atom stereocenters. The molecule has 2 aromatic heterocycles. The minimum Gasteiger partial charge on any atom is -0.392 e. The van der Waals surface area contributed by atoms with E-state index in [0.29, 0.717) is 5.25 Å². The maximum absolute atomic E-state index is 9.99. The number of aliphatic hydroxyl groups is 1. The van der Waals surface area contributed by atoms with E-state index >= 15 is 0 Å². The van der Waals surface area contributed by atoms with Crippen LogP contribution < -0.4 is 0 Å². The molecule has 2 aromatic rings. The summed E-state index contributed by atoms with van der Waals surface area (Å²) in [6, 6.07) is 2.02. The van der Waals surface area contributed by atoms with Crippen LogP contribution in [0.3, 0.4) is 0 Å². The van der Waals surface area contributed by atoms with Gasteiger partial charge in [0, 0.05) is 5.25 Å². The molecule has 1 N–H and O–H groups in total. The Kier molecular flexibility index (Phi) is 3.31. The van der Waals surface area contributed by atoms with Crippen molar-refractivity contribution in [3.05, 3.63) is 17.8 Å². The Labute approximate surface area is 108 Å². The number of fused-ring (bicyclic) bond motifs is 1. The largest absolute Gasteiger partial charge is 0.392 e. The lowest BCUT2D eigenvalue weighted by molar-refractivity contribution is 0.137. The molecule has 2 heterocycles. The van der Waals surface area contributed by atoms with Gasteiger partial charge < -0.3 is 5.11 Å². The third-order valence-electron chi connectivity index (χ3n) is 3.14. The number of thiophene rings is 1. The van der Waals surface area contributed by atoms with E-state index in [4.69, 9.17) is 0 Å². The molecule has 1 aliphatic rings. The molecule has 17 heavy (non-hydrogen) atoms. The van der Waals surface area contributed by atoms with Crippen LogP contribution in [0.1, 0.15) is 25.7 Å². The van der Waals surface area contributed by atoms with Gasteiger partial charge in [0.15, 0.2) is 0 Å². The quantitative estimate of drug-likeness (QED) is 0.848. The lowest BCUT2D eigenvalue weighted by Gasteiger charge is -2.26. The molecule has 0 bridgehead atoms. The molecule has 3 rings (SSSR count). The van der Waals surface area contributed by atoms with Crippen molar-refractivity contribution in [2.24, 2.45) is 0 Å². The van der Waals surface area contributed by atoms with Gasteiger partial charge >= 0.3 is 0 Å². The van der Waals surface area contributed by atoms with Crippen LogP contribution >= 0.6 is 23.1 Å². The Morgan fingerprint density at radius 3 is 3.06 bits per heavy atom. The van der Waals surface area contributed by atoms with Crippen LogP contribution in [0, 0.1) is 0 Å². The molecule has 1 fully saturated rings. The van der Waals surface area contributed by atoms with Crippen molar-refractivity contribution in [3.63, 3.8) is 0 Å². The molecule has 5 heteroatoms.